The number of phenolic OH excluding ortho intramolecular Hbond substituents is 1. The molecule has 0 aliphatic carbocycles. The van der Waals surface area contributed by atoms with Gasteiger partial charge in [0.05, 0.1) is 0 Å². The number of fused-ring (bicyclic) bond motifs is 1. The van der Waals surface area contributed by atoms with Crippen molar-refractivity contribution in [2.75, 3.05) is 0 Å². The molecule has 0 saturated carbocycles. The molecule has 2 N–H and O–H groups in total. The third kappa shape index (κ3) is 1.16. The van der Waals surface area contributed by atoms with Gasteiger partial charge in [-0.2, -0.15) is 0 Å². The number of phenols is 1. The van der Waals surface area contributed by atoms with Crippen LogP contribution in [0.25, 0.3) is 10.9 Å². The Morgan fingerprint density at radius 2 is 2.23 bits per heavy atom. The van der Waals surface area contributed by atoms with Gasteiger partial charge in [0.2, 0.25) is 0 Å². The number of aromatic nitrogens is 1. The highest BCUT2D eigenvalue weighted by Crippen LogP contribution is 2.32. The van der Waals surface area contributed by atoms with Gasteiger partial charge in [0.15, 0.2) is 0 Å². The van der Waals surface area contributed by atoms with Crippen LogP contribution < -0.4 is 0 Å². The van der Waals surface area contributed by atoms with Gasteiger partial charge in [-0.3, -0.25) is 0 Å². The molecule has 13 heavy (non-hydrogen) atoms. The molecule has 0 bridgehead atoms. The van der Waals surface area contributed by atoms with Gasteiger partial charge < -0.3 is 10.1 Å². The number of benzene rings is 1. The molecule has 2 nitrogen and oxygen atoms in total. The second-order valence-electron chi connectivity index (χ2n) is 3.06. The van der Waals surface area contributed by atoms with Gasteiger partial charge in [0.25, 0.3) is 0 Å². The summed E-state index contributed by atoms with van der Waals surface area (Å²) >= 11 is 0. The molecule has 1 aromatic carbocycles. The van der Waals surface area contributed by atoms with Crippen molar-refractivity contribution in [1.29, 1.82) is 0 Å². The van der Waals surface area contributed by atoms with Crippen molar-refractivity contribution in [3.63, 3.8) is 0 Å². The summed E-state index contributed by atoms with van der Waals surface area (Å²) in [5.74, 6) is 0.123. The van der Waals surface area contributed by atoms with Gasteiger partial charge in [-0.1, -0.05) is 6.07 Å². The summed E-state index contributed by atoms with van der Waals surface area (Å²) in [4.78, 5) is 2.91. The van der Waals surface area contributed by atoms with Crippen molar-refractivity contribution in [2.45, 2.75) is 13.1 Å². The predicted molar refractivity (Wildman–Crippen MR) is 49.5 cm³/mol. The Morgan fingerprint density at radius 1 is 1.46 bits per heavy atom. The standard InChI is InChI=1S/C10H10FNO/c1-6(11)7-5-12-8-3-2-4-9(13)10(7)8/h2-6,12-13H,1H3. The SMILES string of the molecule is CC(F)c1c[nH]c2cccc(O)c12. The second kappa shape index (κ2) is 2.76. The van der Waals surface area contributed by atoms with E-state index in [1.807, 2.05) is 0 Å². The van der Waals surface area contributed by atoms with Gasteiger partial charge in [0.1, 0.15) is 11.9 Å². The van der Waals surface area contributed by atoms with Gasteiger partial charge in [-0.05, 0) is 19.1 Å². The molecule has 0 radical (unpaired) electrons. The first-order valence-electron chi connectivity index (χ1n) is 4.13. The fraction of sp³-hybridized carbons (Fsp3) is 0.200. The zero-order valence-corrected chi connectivity index (χ0v) is 7.21. The van der Waals surface area contributed by atoms with Crippen LogP contribution in [0.15, 0.2) is 24.4 Å². The Bertz CT molecular complexity index is 433. The Morgan fingerprint density at radius 3 is 2.92 bits per heavy atom. The van der Waals surface area contributed by atoms with Crippen LogP contribution in [0.4, 0.5) is 4.39 Å². The quantitative estimate of drug-likeness (QED) is 0.693. The van der Waals surface area contributed by atoms with Crippen molar-refractivity contribution in [1.82, 2.24) is 4.98 Å². The number of rotatable bonds is 1. The van der Waals surface area contributed by atoms with Crippen molar-refractivity contribution in [3.8, 4) is 5.75 Å². The average molecular weight is 179 g/mol. The zero-order chi connectivity index (χ0) is 9.42. The number of hydrogen-bond donors (Lipinski definition) is 2. The van der Waals surface area contributed by atoms with E-state index in [9.17, 15) is 9.50 Å². The number of H-pyrrole nitrogens is 1. The minimum atomic E-state index is -1.07. The fourth-order valence-corrected chi connectivity index (χ4v) is 1.51. The summed E-state index contributed by atoms with van der Waals surface area (Å²) in [6.45, 7) is 1.45. The Balaban J connectivity index is 2.79. The summed E-state index contributed by atoms with van der Waals surface area (Å²) < 4.78 is 13.0. The minimum Gasteiger partial charge on any atom is -0.507 e. The van der Waals surface area contributed by atoms with E-state index in [-0.39, 0.29) is 5.75 Å². The molecule has 1 heterocycles. The molecular formula is C10H10FNO. The molecule has 0 aliphatic rings. The summed E-state index contributed by atoms with van der Waals surface area (Å²) in [5.41, 5.74) is 1.27. The van der Waals surface area contributed by atoms with E-state index in [4.69, 9.17) is 0 Å². The maximum Gasteiger partial charge on any atom is 0.125 e. The molecule has 1 aromatic heterocycles. The Labute approximate surface area is 75.0 Å². The zero-order valence-electron chi connectivity index (χ0n) is 7.21. The number of alkyl halides is 1. The molecule has 68 valence electrons. The van der Waals surface area contributed by atoms with E-state index in [0.29, 0.717) is 10.9 Å². The maximum atomic E-state index is 13.0. The molecule has 3 heteroatoms. The highest BCUT2D eigenvalue weighted by atomic mass is 19.1. The third-order valence-electron chi connectivity index (χ3n) is 2.14. The smallest absolute Gasteiger partial charge is 0.125 e. The second-order valence-corrected chi connectivity index (χ2v) is 3.06. The van der Waals surface area contributed by atoms with Crippen LogP contribution in [-0.2, 0) is 0 Å². The molecule has 0 aliphatic heterocycles. The first kappa shape index (κ1) is 8.10. The predicted octanol–water partition coefficient (Wildman–Crippen LogP) is 2.90. The van der Waals surface area contributed by atoms with Crippen LogP contribution in [0, 0.1) is 0 Å². The average Bonchev–Trinajstić information content (AvgIpc) is 2.49. The van der Waals surface area contributed by atoms with Gasteiger partial charge in [-0.15, -0.1) is 0 Å². The fourth-order valence-electron chi connectivity index (χ4n) is 1.51. The molecule has 0 saturated heterocycles. The van der Waals surface area contributed by atoms with E-state index in [0.717, 1.165) is 5.52 Å². The number of aromatic amines is 1. The van der Waals surface area contributed by atoms with Crippen molar-refractivity contribution < 1.29 is 9.50 Å². The van der Waals surface area contributed by atoms with Gasteiger partial charge in [-0.25, -0.2) is 4.39 Å². The molecule has 1 unspecified atom stereocenters. The summed E-state index contributed by atoms with van der Waals surface area (Å²) in [6, 6.07) is 5.09. The summed E-state index contributed by atoms with van der Waals surface area (Å²) in [5, 5.41) is 10.1. The molecule has 2 aromatic rings. The normalized spacial score (nSPS) is 13.4. The van der Waals surface area contributed by atoms with Crippen LogP contribution in [0.1, 0.15) is 18.7 Å². The number of hydrogen-bond acceptors (Lipinski definition) is 1. The van der Waals surface area contributed by atoms with Crippen molar-refractivity contribution in [3.05, 3.63) is 30.0 Å². The topological polar surface area (TPSA) is 36.0 Å². The number of nitrogens with one attached hydrogen (secondary N) is 1. The molecule has 0 fully saturated rings. The van der Waals surface area contributed by atoms with E-state index < -0.39 is 6.17 Å². The minimum absolute atomic E-state index is 0.123. The number of aromatic hydroxyl groups is 1. The van der Waals surface area contributed by atoms with Crippen LogP contribution in [-0.4, -0.2) is 10.1 Å². The largest absolute Gasteiger partial charge is 0.507 e. The molecule has 1 atom stereocenters. The lowest BCUT2D eigenvalue weighted by molar-refractivity contribution is 0.375. The van der Waals surface area contributed by atoms with E-state index in [1.54, 1.807) is 24.4 Å². The first-order chi connectivity index (χ1) is 6.20. The van der Waals surface area contributed by atoms with Crippen molar-refractivity contribution >= 4 is 10.9 Å². The lowest BCUT2D eigenvalue weighted by Crippen LogP contribution is -1.81. The Hall–Kier alpha value is -1.51. The highest BCUT2D eigenvalue weighted by molar-refractivity contribution is 5.89. The van der Waals surface area contributed by atoms with Gasteiger partial charge in [0, 0.05) is 22.7 Å². The van der Waals surface area contributed by atoms with E-state index >= 15 is 0 Å². The maximum absolute atomic E-state index is 13.0. The van der Waals surface area contributed by atoms with Crippen LogP contribution in [0.3, 0.4) is 0 Å². The van der Waals surface area contributed by atoms with Crippen LogP contribution in [0.2, 0.25) is 0 Å². The van der Waals surface area contributed by atoms with Crippen molar-refractivity contribution in [2.24, 2.45) is 0 Å². The molecule has 2 rings (SSSR count). The lowest BCUT2D eigenvalue weighted by Gasteiger charge is -2.00. The lowest BCUT2D eigenvalue weighted by atomic mass is 10.1. The van der Waals surface area contributed by atoms with E-state index in [1.165, 1.54) is 6.92 Å². The van der Waals surface area contributed by atoms with Crippen LogP contribution in [0.5, 0.6) is 5.75 Å². The summed E-state index contributed by atoms with van der Waals surface area (Å²) in [6.07, 6.45) is 0.525. The first-order valence-corrected chi connectivity index (χ1v) is 4.13. The van der Waals surface area contributed by atoms with E-state index in [2.05, 4.69) is 4.98 Å². The Kier molecular flexibility index (Phi) is 1.72. The van der Waals surface area contributed by atoms with Gasteiger partial charge >= 0.3 is 0 Å². The summed E-state index contributed by atoms with van der Waals surface area (Å²) in [7, 11) is 0. The molecule has 0 spiro atoms. The molecule has 0 amide bonds. The third-order valence-corrected chi connectivity index (χ3v) is 2.14. The van der Waals surface area contributed by atoms with Crippen LogP contribution >= 0.6 is 0 Å². The molecular weight excluding hydrogens is 169 g/mol. The highest BCUT2D eigenvalue weighted by Gasteiger charge is 2.12. The number of halogens is 1. The monoisotopic (exact) mass is 179 g/mol.